The third-order valence-electron chi connectivity index (χ3n) is 0.495. The average molecular weight is 133 g/mol. The SMILES string of the molecule is C=CC(O)NC(=O)S. The predicted molar refractivity (Wildman–Crippen MR) is 33.7 cm³/mol. The van der Waals surface area contributed by atoms with Crippen molar-refractivity contribution in [3.8, 4) is 0 Å². The summed E-state index contributed by atoms with van der Waals surface area (Å²) in [5.41, 5.74) is 0. The predicted octanol–water partition coefficient (Wildman–Crippen LogP) is 0.130. The lowest BCUT2D eigenvalue weighted by Gasteiger charge is -2.02. The van der Waals surface area contributed by atoms with E-state index in [0.29, 0.717) is 0 Å². The maximum Gasteiger partial charge on any atom is 0.278 e. The van der Waals surface area contributed by atoms with Gasteiger partial charge in [-0.1, -0.05) is 19.2 Å². The van der Waals surface area contributed by atoms with Crippen LogP contribution in [0.2, 0.25) is 0 Å². The van der Waals surface area contributed by atoms with Crippen LogP contribution in [-0.4, -0.2) is 16.6 Å². The van der Waals surface area contributed by atoms with Gasteiger partial charge in [0.25, 0.3) is 5.24 Å². The summed E-state index contributed by atoms with van der Waals surface area (Å²) in [6, 6.07) is 0. The number of nitrogens with one attached hydrogen (secondary N) is 1. The molecule has 0 aliphatic rings. The maximum absolute atomic E-state index is 9.96. The highest BCUT2D eigenvalue weighted by molar-refractivity contribution is 7.96. The third kappa shape index (κ3) is 3.70. The molecule has 0 saturated carbocycles. The molecule has 1 atom stereocenters. The van der Waals surface area contributed by atoms with Crippen LogP contribution >= 0.6 is 12.6 Å². The smallest absolute Gasteiger partial charge is 0.278 e. The summed E-state index contributed by atoms with van der Waals surface area (Å²) < 4.78 is 0. The zero-order valence-electron chi connectivity index (χ0n) is 4.16. The number of hydrogen-bond donors (Lipinski definition) is 3. The second kappa shape index (κ2) is 3.51. The lowest BCUT2D eigenvalue weighted by molar-refractivity contribution is 0.189. The molecule has 0 aromatic carbocycles. The van der Waals surface area contributed by atoms with Gasteiger partial charge in [0, 0.05) is 0 Å². The largest absolute Gasteiger partial charge is 0.370 e. The number of carbonyl (C=O) groups is 1. The van der Waals surface area contributed by atoms with E-state index in [2.05, 4.69) is 24.5 Å². The number of thiol groups is 1. The van der Waals surface area contributed by atoms with E-state index in [0.717, 1.165) is 0 Å². The molecule has 1 amide bonds. The molecule has 0 heterocycles. The van der Waals surface area contributed by atoms with Crippen LogP contribution in [0.5, 0.6) is 0 Å². The van der Waals surface area contributed by atoms with E-state index in [-0.39, 0.29) is 0 Å². The lowest BCUT2D eigenvalue weighted by Crippen LogP contribution is -2.28. The van der Waals surface area contributed by atoms with Gasteiger partial charge in [-0.15, -0.1) is 0 Å². The van der Waals surface area contributed by atoms with Gasteiger partial charge in [-0.3, -0.25) is 4.79 Å². The molecule has 0 aromatic heterocycles. The van der Waals surface area contributed by atoms with E-state index < -0.39 is 11.5 Å². The number of amides is 1. The molecule has 1 unspecified atom stereocenters. The summed E-state index contributed by atoms with van der Waals surface area (Å²) in [6.45, 7) is 3.21. The van der Waals surface area contributed by atoms with E-state index in [1.54, 1.807) is 0 Å². The summed E-state index contributed by atoms with van der Waals surface area (Å²) in [5.74, 6) is 0. The fourth-order valence-electron chi connectivity index (χ4n) is 0.185. The number of rotatable bonds is 2. The van der Waals surface area contributed by atoms with Crippen molar-refractivity contribution in [1.29, 1.82) is 0 Å². The summed E-state index contributed by atoms with van der Waals surface area (Å²) in [7, 11) is 0. The number of hydrogen-bond acceptors (Lipinski definition) is 2. The Hall–Kier alpha value is -0.480. The molecule has 46 valence electrons. The summed E-state index contributed by atoms with van der Waals surface area (Å²) in [4.78, 5) is 9.96. The highest BCUT2D eigenvalue weighted by Gasteiger charge is 1.96. The minimum Gasteiger partial charge on any atom is -0.370 e. The normalized spacial score (nSPS) is 12.2. The van der Waals surface area contributed by atoms with Crippen LogP contribution < -0.4 is 5.32 Å². The monoisotopic (exact) mass is 133 g/mol. The second-order valence-electron chi connectivity index (χ2n) is 1.13. The van der Waals surface area contributed by atoms with Crippen molar-refractivity contribution in [1.82, 2.24) is 5.32 Å². The van der Waals surface area contributed by atoms with Gasteiger partial charge >= 0.3 is 0 Å². The van der Waals surface area contributed by atoms with Gasteiger partial charge < -0.3 is 10.4 Å². The third-order valence-corrected chi connectivity index (χ3v) is 0.624. The molecule has 0 saturated heterocycles. The molecule has 0 spiro atoms. The van der Waals surface area contributed by atoms with Crippen molar-refractivity contribution in [3.05, 3.63) is 12.7 Å². The highest BCUT2D eigenvalue weighted by Crippen LogP contribution is 1.80. The second-order valence-corrected chi connectivity index (χ2v) is 1.54. The minimum absolute atomic E-state index is 0.572. The van der Waals surface area contributed by atoms with E-state index in [9.17, 15) is 4.79 Å². The first-order chi connectivity index (χ1) is 3.66. The Balaban J connectivity index is 3.38. The van der Waals surface area contributed by atoms with Crippen LogP contribution in [0.25, 0.3) is 0 Å². The maximum atomic E-state index is 9.96. The van der Waals surface area contributed by atoms with Crippen molar-refractivity contribution < 1.29 is 9.90 Å². The van der Waals surface area contributed by atoms with Gasteiger partial charge in [0.1, 0.15) is 6.23 Å². The number of carbonyl (C=O) groups excluding carboxylic acids is 1. The van der Waals surface area contributed by atoms with Crippen LogP contribution in [0.1, 0.15) is 0 Å². The molecule has 4 heteroatoms. The molecule has 8 heavy (non-hydrogen) atoms. The molecule has 3 nitrogen and oxygen atoms in total. The summed E-state index contributed by atoms with van der Waals surface area (Å²) >= 11 is 3.33. The Labute approximate surface area is 52.8 Å². The molecular formula is C4H7NO2S. The first kappa shape index (κ1) is 7.52. The Morgan fingerprint density at radius 3 is 2.62 bits per heavy atom. The number of aliphatic hydroxyl groups excluding tert-OH is 1. The summed E-state index contributed by atoms with van der Waals surface area (Å²) in [5, 5.41) is 10.0. The zero-order chi connectivity index (χ0) is 6.57. The Morgan fingerprint density at radius 1 is 2.00 bits per heavy atom. The van der Waals surface area contributed by atoms with Gasteiger partial charge in [0.15, 0.2) is 0 Å². The highest BCUT2D eigenvalue weighted by atomic mass is 32.1. The Bertz CT molecular complexity index is 104. The molecule has 0 rings (SSSR count). The molecule has 0 bridgehead atoms. The lowest BCUT2D eigenvalue weighted by atomic mass is 10.6. The topological polar surface area (TPSA) is 49.3 Å². The van der Waals surface area contributed by atoms with Gasteiger partial charge in [-0.05, 0) is 6.08 Å². The fraction of sp³-hybridized carbons (Fsp3) is 0.250. The quantitative estimate of drug-likeness (QED) is 0.285. The van der Waals surface area contributed by atoms with Crippen molar-refractivity contribution in [2.45, 2.75) is 6.23 Å². The molecule has 0 radical (unpaired) electrons. The van der Waals surface area contributed by atoms with Crippen LogP contribution in [0.3, 0.4) is 0 Å². The van der Waals surface area contributed by atoms with E-state index in [1.165, 1.54) is 6.08 Å². The standard InChI is InChI=1S/C4H7NO2S/c1-2-3(6)5-4(7)8/h2-3,6H,1H2,(H2,5,7,8). The van der Waals surface area contributed by atoms with Crippen LogP contribution in [0, 0.1) is 0 Å². The molecule has 0 aromatic rings. The summed E-state index contributed by atoms with van der Waals surface area (Å²) in [6.07, 6.45) is 0.203. The van der Waals surface area contributed by atoms with Gasteiger partial charge in [-0.25, -0.2) is 0 Å². The average Bonchev–Trinajstić information content (AvgIpc) is 1.65. The van der Waals surface area contributed by atoms with Crippen molar-refractivity contribution in [3.63, 3.8) is 0 Å². The van der Waals surface area contributed by atoms with Crippen LogP contribution in [0.4, 0.5) is 4.79 Å². The van der Waals surface area contributed by atoms with Crippen LogP contribution in [0.15, 0.2) is 12.7 Å². The molecule has 0 aliphatic carbocycles. The van der Waals surface area contributed by atoms with E-state index in [1.807, 2.05) is 0 Å². The van der Waals surface area contributed by atoms with Gasteiger partial charge in [0.2, 0.25) is 0 Å². The molecular weight excluding hydrogens is 126 g/mol. The minimum atomic E-state index is -0.986. The van der Waals surface area contributed by atoms with E-state index in [4.69, 9.17) is 5.11 Å². The van der Waals surface area contributed by atoms with Crippen molar-refractivity contribution >= 4 is 17.9 Å². The van der Waals surface area contributed by atoms with Crippen molar-refractivity contribution in [2.75, 3.05) is 0 Å². The number of aliphatic hydroxyl groups is 1. The molecule has 2 N–H and O–H groups in total. The fourth-order valence-corrected chi connectivity index (χ4v) is 0.318. The Kier molecular flexibility index (Phi) is 3.30. The molecule has 0 fully saturated rings. The Morgan fingerprint density at radius 2 is 2.50 bits per heavy atom. The van der Waals surface area contributed by atoms with E-state index >= 15 is 0 Å². The first-order valence-electron chi connectivity index (χ1n) is 1.97. The first-order valence-corrected chi connectivity index (χ1v) is 2.41. The van der Waals surface area contributed by atoms with Gasteiger partial charge in [0.05, 0.1) is 0 Å². The zero-order valence-corrected chi connectivity index (χ0v) is 5.06. The van der Waals surface area contributed by atoms with Crippen molar-refractivity contribution in [2.24, 2.45) is 0 Å². The molecule has 0 aliphatic heterocycles. The van der Waals surface area contributed by atoms with Crippen LogP contribution in [-0.2, 0) is 0 Å². The van der Waals surface area contributed by atoms with Gasteiger partial charge in [-0.2, -0.15) is 0 Å².